The van der Waals surface area contributed by atoms with Crippen molar-refractivity contribution in [2.24, 2.45) is 5.41 Å². The lowest BCUT2D eigenvalue weighted by molar-refractivity contribution is -0.157. The first-order chi connectivity index (χ1) is 8.79. The molecule has 1 fully saturated rings. The van der Waals surface area contributed by atoms with Gasteiger partial charge in [0.05, 0.1) is 5.41 Å². The Morgan fingerprint density at radius 2 is 1.95 bits per heavy atom. The van der Waals surface area contributed by atoms with Gasteiger partial charge < -0.3 is 19.5 Å². The van der Waals surface area contributed by atoms with E-state index in [1.165, 1.54) is 0 Å². The third-order valence-electron chi connectivity index (χ3n) is 2.56. The van der Waals surface area contributed by atoms with Crippen molar-refractivity contribution in [1.29, 1.82) is 0 Å². The van der Waals surface area contributed by atoms with Crippen LogP contribution in [0.4, 0.5) is 4.79 Å². The van der Waals surface area contributed by atoms with Gasteiger partial charge in [0.2, 0.25) is 6.79 Å². The van der Waals surface area contributed by atoms with E-state index in [1.54, 1.807) is 20.8 Å². The highest BCUT2D eigenvalue weighted by Gasteiger charge is 2.51. The Kier molecular flexibility index (Phi) is 4.74. The number of nitrogens with one attached hydrogen (secondary N) is 1. The lowest BCUT2D eigenvalue weighted by Crippen LogP contribution is -2.38. The minimum Gasteiger partial charge on any atom is -0.444 e. The molecule has 19 heavy (non-hydrogen) atoms. The van der Waals surface area contributed by atoms with Crippen LogP contribution in [-0.4, -0.2) is 37.5 Å². The Hall–Kier alpha value is -1.79. The molecule has 7 heteroatoms. The SMILES string of the molecule is CC(C)(C)OC(=O)NCC1(C(=O)OCO[C]=O)CC1. The topological polar surface area (TPSA) is 90.9 Å². The highest BCUT2D eigenvalue weighted by Crippen LogP contribution is 2.46. The van der Waals surface area contributed by atoms with E-state index in [1.807, 2.05) is 0 Å². The van der Waals surface area contributed by atoms with Crippen LogP contribution in [0.2, 0.25) is 0 Å². The van der Waals surface area contributed by atoms with Gasteiger partial charge in [-0.2, -0.15) is 0 Å². The first-order valence-electron chi connectivity index (χ1n) is 5.92. The minimum atomic E-state index is -0.719. The molecule has 0 atom stereocenters. The van der Waals surface area contributed by atoms with Gasteiger partial charge >= 0.3 is 18.5 Å². The first-order valence-corrected chi connectivity index (χ1v) is 5.92. The molecule has 7 nitrogen and oxygen atoms in total. The lowest BCUT2D eigenvalue weighted by Gasteiger charge is -2.21. The van der Waals surface area contributed by atoms with Crippen LogP contribution in [0.15, 0.2) is 0 Å². The summed E-state index contributed by atoms with van der Waals surface area (Å²) in [4.78, 5) is 32.9. The van der Waals surface area contributed by atoms with E-state index in [-0.39, 0.29) is 6.54 Å². The quantitative estimate of drug-likeness (QED) is 0.438. The Morgan fingerprint density at radius 3 is 2.42 bits per heavy atom. The van der Waals surface area contributed by atoms with Crippen molar-refractivity contribution in [2.45, 2.75) is 39.2 Å². The molecule has 0 heterocycles. The monoisotopic (exact) mass is 272 g/mol. The van der Waals surface area contributed by atoms with Crippen molar-refractivity contribution in [1.82, 2.24) is 5.32 Å². The zero-order valence-corrected chi connectivity index (χ0v) is 11.3. The van der Waals surface area contributed by atoms with E-state index in [9.17, 15) is 14.4 Å². The summed E-state index contributed by atoms with van der Waals surface area (Å²) in [6.07, 6.45) is 0.655. The normalized spacial score (nSPS) is 16.2. The van der Waals surface area contributed by atoms with Gasteiger partial charge in [-0.3, -0.25) is 4.79 Å². The molecule has 1 saturated carbocycles. The molecule has 1 amide bonds. The summed E-state index contributed by atoms with van der Waals surface area (Å²) in [7, 11) is 0. The molecule has 1 aliphatic rings. The van der Waals surface area contributed by atoms with Gasteiger partial charge in [-0.05, 0) is 33.6 Å². The molecule has 1 aliphatic carbocycles. The maximum absolute atomic E-state index is 11.7. The van der Waals surface area contributed by atoms with Crippen LogP contribution < -0.4 is 5.32 Å². The predicted molar refractivity (Wildman–Crippen MR) is 63.6 cm³/mol. The Morgan fingerprint density at radius 1 is 1.32 bits per heavy atom. The Labute approximate surface area is 111 Å². The minimum absolute atomic E-state index is 0.144. The smallest absolute Gasteiger partial charge is 0.420 e. The summed E-state index contributed by atoms with van der Waals surface area (Å²) >= 11 is 0. The van der Waals surface area contributed by atoms with E-state index < -0.39 is 29.9 Å². The predicted octanol–water partition coefficient (Wildman–Crippen LogP) is 0.876. The highest BCUT2D eigenvalue weighted by molar-refractivity contribution is 5.81. The fourth-order valence-electron chi connectivity index (χ4n) is 1.42. The molecule has 1 radical (unpaired) electrons. The third kappa shape index (κ3) is 5.15. The number of alkyl carbamates (subject to hydrolysis) is 1. The summed E-state index contributed by atoms with van der Waals surface area (Å²) in [6.45, 7) is 6.09. The molecular formula is C12H18NO6. The van der Waals surface area contributed by atoms with Crippen molar-refractivity contribution in [3.05, 3.63) is 0 Å². The molecule has 0 unspecified atom stereocenters. The van der Waals surface area contributed by atoms with Crippen LogP contribution >= 0.6 is 0 Å². The standard InChI is InChI=1S/C12H18NO6/c1-11(2,3)19-10(16)13-6-12(4-5-12)9(15)18-8-17-7-14/h4-6,8H2,1-3H3,(H,13,16). The molecule has 0 aromatic carbocycles. The molecule has 0 aromatic heterocycles. The molecular weight excluding hydrogens is 254 g/mol. The van der Waals surface area contributed by atoms with Crippen LogP contribution in [0.1, 0.15) is 33.6 Å². The van der Waals surface area contributed by atoms with Crippen LogP contribution in [0, 0.1) is 5.41 Å². The van der Waals surface area contributed by atoms with Crippen molar-refractivity contribution >= 4 is 18.5 Å². The number of ether oxygens (including phenoxy) is 3. The molecule has 0 aliphatic heterocycles. The van der Waals surface area contributed by atoms with E-state index in [4.69, 9.17) is 9.47 Å². The van der Waals surface area contributed by atoms with Gasteiger partial charge in [0.1, 0.15) is 5.60 Å². The second kappa shape index (κ2) is 5.90. The Bertz CT molecular complexity index is 356. The van der Waals surface area contributed by atoms with Gasteiger partial charge in [-0.15, -0.1) is 0 Å². The van der Waals surface area contributed by atoms with Gasteiger partial charge in [0.15, 0.2) is 0 Å². The largest absolute Gasteiger partial charge is 0.444 e. The van der Waals surface area contributed by atoms with Gasteiger partial charge in [-0.25, -0.2) is 9.59 Å². The van der Waals surface area contributed by atoms with Gasteiger partial charge in [0.25, 0.3) is 0 Å². The van der Waals surface area contributed by atoms with E-state index in [0.717, 1.165) is 6.47 Å². The fraction of sp³-hybridized carbons (Fsp3) is 0.750. The number of esters is 1. The average molecular weight is 272 g/mol. The second-order valence-electron chi connectivity index (χ2n) is 5.41. The summed E-state index contributed by atoms with van der Waals surface area (Å²) in [5.74, 6) is -0.501. The lowest BCUT2D eigenvalue weighted by atomic mass is 10.1. The van der Waals surface area contributed by atoms with Crippen molar-refractivity contribution < 1.29 is 28.6 Å². The first kappa shape index (κ1) is 15.3. The average Bonchev–Trinajstić information content (AvgIpc) is 3.05. The van der Waals surface area contributed by atoms with E-state index in [2.05, 4.69) is 10.1 Å². The van der Waals surface area contributed by atoms with Crippen LogP contribution in [0.5, 0.6) is 0 Å². The third-order valence-corrected chi connectivity index (χ3v) is 2.56. The van der Waals surface area contributed by atoms with Gasteiger partial charge in [0, 0.05) is 6.54 Å². The number of hydrogen-bond donors (Lipinski definition) is 1. The van der Waals surface area contributed by atoms with Crippen molar-refractivity contribution in [3.8, 4) is 0 Å². The molecule has 1 rings (SSSR count). The second-order valence-corrected chi connectivity index (χ2v) is 5.41. The highest BCUT2D eigenvalue weighted by atomic mass is 16.7. The molecule has 1 N–H and O–H groups in total. The number of rotatable bonds is 6. The maximum Gasteiger partial charge on any atom is 0.420 e. The summed E-state index contributed by atoms with van der Waals surface area (Å²) in [5, 5.41) is 2.53. The summed E-state index contributed by atoms with van der Waals surface area (Å²) in [6, 6.07) is 0. The number of carbonyl (C=O) groups is 2. The number of hydrogen-bond acceptors (Lipinski definition) is 6. The van der Waals surface area contributed by atoms with Crippen LogP contribution in [0.25, 0.3) is 0 Å². The van der Waals surface area contributed by atoms with Crippen molar-refractivity contribution in [2.75, 3.05) is 13.3 Å². The van der Waals surface area contributed by atoms with E-state index in [0.29, 0.717) is 12.8 Å². The van der Waals surface area contributed by atoms with Crippen LogP contribution in [0.3, 0.4) is 0 Å². The van der Waals surface area contributed by atoms with Crippen LogP contribution in [-0.2, 0) is 23.8 Å². The Balaban J connectivity index is 2.33. The number of amides is 1. The molecule has 0 spiro atoms. The fourth-order valence-corrected chi connectivity index (χ4v) is 1.42. The molecule has 0 aromatic rings. The number of carbonyl (C=O) groups excluding carboxylic acids is 3. The zero-order valence-electron chi connectivity index (χ0n) is 11.3. The molecule has 107 valence electrons. The van der Waals surface area contributed by atoms with Gasteiger partial charge in [-0.1, -0.05) is 0 Å². The molecule has 0 saturated heterocycles. The summed E-state index contributed by atoms with van der Waals surface area (Å²) < 4.78 is 13.9. The van der Waals surface area contributed by atoms with Crippen molar-refractivity contribution in [3.63, 3.8) is 0 Å². The van der Waals surface area contributed by atoms with E-state index >= 15 is 0 Å². The molecule has 0 bridgehead atoms. The zero-order chi connectivity index (χ0) is 14.5. The maximum atomic E-state index is 11.7. The summed E-state index contributed by atoms with van der Waals surface area (Å²) in [5.41, 5.74) is -1.31.